The second kappa shape index (κ2) is 8.77. The molecule has 0 bridgehead atoms. The molecule has 0 radical (unpaired) electrons. The Labute approximate surface area is 157 Å². The van der Waals surface area contributed by atoms with Crippen molar-refractivity contribution >= 4 is 11.9 Å². The lowest BCUT2D eigenvalue weighted by Gasteiger charge is -2.33. The number of hydrogen-bond acceptors (Lipinski definition) is 4. The van der Waals surface area contributed by atoms with Crippen molar-refractivity contribution in [3.63, 3.8) is 0 Å². The van der Waals surface area contributed by atoms with E-state index < -0.39 is 12.2 Å². The van der Waals surface area contributed by atoms with Crippen molar-refractivity contribution in [2.45, 2.75) is 18.9 Å². The number of carbonyl (C=O) groups is 2. The van der Waals surface area contributed by atoms with Gasteiger partial charge in [0.2, 0.25) is 0 Å². The molecule has 0 saturated carbocycles. The Balaban J connectivity index is 1.58. The van der Waals surface area contributed by atoms with Crippen LogP contribution in [0.15, 0.2) is 54.6 Å². The molecule has 2 aromatic carbocycles. The molecule has 0 aromatic heterocycles. The summed E-state index contributed by atoms with van der Waals surface area (Å²) in [7, 11) is 0. The summed E-state index contributed by atoms with van der Waals surface area (Å²) in [6, 6.07) is 15.2. The van der Waals surface area contributed by atoms with E-state index in [-0.39, 0.29) is 17.5 Å². The third kappa shape index (κ3) is 5.14. The van der Waals surface area contributed by atoms with E-state index in [2.05, 4.69) is 4.90 Å². The second-order valence-electron chi connectivity index (χ2n) is 6.78. The second-order valence-corrected chi connectivity index (χ2v) is 6.78. The van der Waals surface area contributed by atoms with Gasteiger partial charge in [0.15, 0.2) is 5.78 Å². The van der Waals surface area contributed by atoms with Gasteiger partial charge < -0.3 is 10.5 Å². The van der Waals surface area contributed by atoms with Crippen LogP contribution in [-0.2, 0) is 4.74 Å². The number of amides is 1. The fraction of sp³-hybridized carbons (Fsp3) is 0.333. The molecule has 27 heavy (non-hydrogen) atoms. The van der Waals surface area contributed by atoms with E-state index in [1.54, 1.807) is 0 Å². The Morgan fingerprint density at radius 3 is 2.30 bits per heavy atom. The number of carbonyl (C=O) groups excluding carboxylic acids is 2. The molecular formula is C21H23FN2O3. The highest BCUT2D eigenvalue weighted by Gasteiger charge is 2.28. The summed E-state index contributed by atoms with van der Waals surface area (Å²) < 4.78 is 18.3. The Morgan fingerprint density at radius 1 is 1.07 bits per heavy atom. The molecule has 0 spiro atoms. The van der Waals surface area contributed by atoms with E-state index in [0.29, 0.717) is 24.9 Å². The van der Waals surface area contributed by atoms with Gasteiger partial charge in [-0.3, -0.25) is 9.69 Å². The third-order valence-corrected chi connectivity index (χ3v) is 4.94. The van der Waals surface area contributed by atoms with Crippen LogP contribution in [0, 0.1) is 11.7 Å². The monoisotopic (exact) mass is 370 g/mol. The zero-order valence-electron chi connectivity index (χ0n) is 15.0. The first-order chi connectivity index (χ1) is 13.0. The van der Waals surface area contributed by atoms with Crippen LogP contribution in [0.4, 0.5) is 9.18 Å². The standard InChI is InChI=1S/C21H23FN2O3/c22-18-8-6-16(7-9-18)20(25)17-10-12-24(13-11-17)14-19(27-21(23)26)15-4-2-1-3-5-15/h1-9,17,19H,10-14H2,(H2,23,26). The van der Waals surface area contributed by atoms with Crippen LogP contribution < -0.4 is 5.73 Å². The summed E-state index contributed by atoms with van der Waals surface area (Å²) >= 11 is 0. The molecule has 142 valence electrons. The number of nitrogens with zero attached hydrogens (tertiary/aromatic N) is 1. The largest absolute Gasteiger partial charge is 0.440 e. The van der Waals surface area contributed by atoms with Crippen LogP contribution in [-0.4, -0.2) is 36.4 Å². The third-order valence-electron chi connectivity index (χ3n) is 4.94. The maximum atomic E-state index is 13.0. The molecule has 1 saturated heterocycles. The lowest BCUT2D eigenvalue weighted by molar-refractivity contribution is 0.0598. The SMILES string of the molecule is NC(=O)OC(CN1CCC(C(=O)c2ccc(F)cc2)CC1)c1ccccc1. The Hall–Kier alpha value is -2.73. The fourth-order valence-corrected chi connectivity index (χ4v) is 3.48. The fourth-order valence-electron chi connectivity index (χ4n) is 3.48. The van der Waals surface area contributed by atoms with Crippen molar-refractivity contribution in [1.82, 2.24) is 4.90 Å². The first-order valence-corrected chi connectivity index (χ1v) is 9.06. The first kappa shape index (κ1) is 19.0. The topological polar surface area (TPSA) is 72.6 Å². The molecule has 1 amide bonds. The number of ether oxygens (including phenoxy) is 1. The minimum Gasteiger partial charge on any atom is -0.440 e. The molecule has 1 heterocycles. The predicted molar refractivity (Wildman–Crippen MR) is 99.7 cm³/mol. The number of hydrogen-bond donors (Lipinski definition) is 1. The van der Waals surface area contributed by atoms with Gasteiger partial charge in [0.25, 0.3) is 0 Å². The quantitative estimate of drug-likeness (QED) is 0.789. The molecule has 3 rings (SSSR count). The summed E-state index contributed by atoms with van der Waals surface area (Å²) in [5, 5.41) is 0. The number of ketones is 1. The van der Waals surface area contributed by atoms with Crippen LogP contribution in [0.3, 0.4) is 0 Å². The number of nitrogens with two attached hydrogens (primary N) is 1. The maximum Gasteiger partial charge on any atom is 0.405 e. The molecule has 0 aliphatic carbocycles. The highest BCUT2D eigenvalue weighted by Crippen LogP contribution is 2.25. The van der Waals surface area contributed by atoms with Gasteiger partial charge in [0, 0.05) is 18.0 Å². The highest BCUT2D eigenvalue weighted by atomic mass is 19.1. The lowest BCUT2D eigenvalue weighted by atomic mass is 9.88. The van der Waals surface area contributed by atoms with Crippen LogP contribution >= 0.6 is 0 Å². The molecule has 6 heteroatoms. The Morgan fingerprint density at radius 2 is 1.70 bits per heavy atom. The molecule has 1 fully saturated rings. The van der Waals surface area contributed by atoms with E-state index in [1.807, 2.05) is 30.3 Å². The van der Waals surface area contributed by atoms with Crippen molar-refractivity contribution < 1.29 is 18.7 Å². The van der Waals surface area contributed by atoms with Crippen molar-refractivity contribution in [2.24, 2.45) is 11.7 Å². The molecule has 1 atom stereocenters. The van der Waals surface area contributed by atoms with E-state index in [4.69, 9.17) is 10.5 Å². The Bertz CT molecular complexity index is 772. The normalized spacial score (nSPS) is 16.6. The van der Waals surface area contributed by atoms with E-state index in [9.17, 15) is 14.0 Å². The molecule has 1 unspecified atom stereocenters. The van der Waals surface area contributed by atoms with E-state index >= 15 is 0 Å². The summed E-state index contributed by atoms with van der Waals surface area (Å²) in [6.07, 6.45) is 0.195. The number of halogens is 1. The summed E-state index contributed by atoms with van der Waals surface area (Å²) in [5.41, 5.74) is 6.66. The number of primary amides is 1. The van der Waals surface area contributed by atoms with Crippen LogP contribution in [0.5, 0.6) is 0 Å². The number of rotatable bonds is 6. The van der Waals surface area contributed by atoms with Gasteiger partial charge >= 0.3 is 6.09 Å². The van der Waals surface area contributed by atoms with Gasteiger partial charge in [0.05, 0.1) is 0 Å². The first-order valence-electron chi connectivity index (χ1n) is 9.06. The van der Waals surface area contributed by atoms with Crippen LogP contribution in [0.2, 0.25) is 0 Å². The van der Waals surface area contributed by atoms with Gasteiger partial charge in [0.1, 0.15) is 11.9 Å². The minimum absolute atomic E-state index is 0.0580. The van der Waals surface area contributed by atoms with Gasteiger partial charge in [-0.1, -0.05) is 30.3 Å². The zero-order valence-corrected chi connectivity index (χ0v) is 15.0. The van der Waals surface area contributed by atoms with Crippen molar-refractivity contribution in [1.29, 1.82) is 0 Å². The van der Waals surface area contributed by atoms with Gasteiger partial charge in [-0.05, 0) is 55.8 Å². The predicted octanol–water partition coefficient (Wildman–Crippen LogP) is 3.56. The molecule has 2 N–H and O–H groups in total. The lowest BCUT2D eigenvalue weighted by Crippen LogP contribution is -2.39. The molecule has 2 aromatic rings. The van der Waals surface area contributed by atoms with Crippen molar-refractivity contribution in [2.75, 3.05) is 19.6 Å². The highest BCUT2D eigenvalue weighted by molar-refractivity contribution is 5.97. The number of Topliss-reactive ketones (excluding diaryl/α,β-unsaturated/α-hetero) is 1. The summed E-state index contributed by atoms with van der Waals surface area (Å²) in [6.45, 7) is 1.98. The van der Waals surface area contributed by atoms with Crippen LogP contribution in [0.25, 0.3) is 0 Å². The number of benzene rings is 2. The number of piperidine rings is 1. The molecule has 1 aliphatic rings. The van der Waals surface area contributed by atoms with Gasteiger partial charge in [-0.25, -0.2) is 9.18 Å². The molecule has 5 nitrogen and oxygen atoms in total. The summed E-state index contributed by atoms with van der Waals surface area (Å²) in [4.78, 5) is 26.0. The van der Waals surface area contributed by atoms with Crippen molar-refractivity contribution in [3.05, 3.63) is 71.5 Å². The van der Waals surface area contributed by atoms with Crippen molar-refractivity contribution in [3.8, 4) is 0 Å². The van der Waals surface area contributed by atoms with E-state index in [0.717, 1.165) is 18.7 Å². The Kier molecular flexibility index (Phi) is 6.19. The number of likely N-dealkylation sites (tertiary alicyclic amines) is 1. The average molecular weight is 370 g/mol. The average Bonchev–Trinajstić information content (AvgIpc) is 2.68. The van der Waals surface area contributed by atoms with Gasteiger partial charge in [-0.2, -0.15) is 0 Å². The molecular weight excluding hydrogens is 347 g/mol. The minimum atomic E-state index is -0.801. The maximum absolute atomic E-state index is 13.0. The molecule has 1 aliphatic heterocycles. The van der Waals surface area contributed by atoms with Crippen LogP contribution in [0.1, 0.15) is 34.9 Å². The zero-order chi connectivity index (χ0) is 19.2. The summed E-state index contributed by atoms with van der Waals surface area (Å²) in [5.74, 6) is -0.357. The van der Waals surface area contributed by atoms with Gasteiger partial charge in [-0.15, -0.1) is 0 Å². The van der Waals surface area contributed by atoms with E-state index in [1.165, 1.54) is 24.3 Å². The smallest absolute Gasteiger partial charge is 0.405 e.